The lowest BCUT2D eigenvalue weighted by atomic mass is 10.1. The molecule has 78 valence electrons. The molecule has 0 spiro atoms. The average Bonchev–Trinajstić information content (AvgIpc) is 2.22. The van der Waals surface area contributed by atoms with E-state index in [1.54, 1.807) is 0 Å². The predicted octanol–water partition coefficient (Wildman–Crippen LogP) is 0.249. The average molecular weight is 197 g/mol. The first kappa shape index (κ1) is 12.6. The monoisotopic (exact) mass is 197 g/mol. The molecule has 0 bridgehead atoms. The highest BCUT2D eigenvalue weighted by atomic mass is 16.4. The lowest BCUT2D eigenvalue weighted by Gasteiger charge is -2.04. The van der Waals surface area contributed by atoms with Crippen molar-refractivity contribution < 1.29 is 15.0 Å². The van der Waals surface area contributed by atoms with Crippen molar-refractivity contribution in [2.24, 2.45) is 5.73 Å². The summed E-state index contributed by atoms with van der Waals surface area (Å²) in [6.07, 6.45) is 0.385. The van der Waals surface area contributed by atoms with Crippen molar-refractivity contribution in [1.29, 1.82) is 0 Å². The largest absolute Gasteiger partial charge is 0.480 e. The number of nitrogens with two attached hydrogens (primary N) is 1. The Hall–Kier alpha value is -1.39. The van der Waals surface area contributed by atoms with Crippen LogP contribution in [0.5, 0.6) is 0 Å². The van der Waals surface area contributed by atoms with Crippen LogP contribution in [0.25, 0.3) is 0 Å². The van der Waals surface area contributed by atoms with E-state index >= 15 is 0 Å². The lowest BCUT2D eigenvalue weighted by molar-refractivity contribution is -0.138. The Balaban J connectivity index is 0.000000791. The van der Waals surface area contributed by atoms with E-state index in [9.17, 15) is 4.79 Å². The third-order valence-electron chi connectivity index (χ3n) is 1.62. The number of carboxylic acid groups (broad SMARTS) is 1. The van der Waals surface area contributed by atoms with Crippen molar-refractivity contribution in [3.8, 4) is 0 Å². The molecule has 4 heteroatoms. The zero-order valence-corrected chi connectivity index (χ0v) is 8.05. The first-order valence-electron chi connectivity index (χ1n) is 4.17. The summed E-state index contributed by atoms with van der Waals surface area (Å²) >= 11 is 0. The molecule has 0 saturated heterocycles. The highest BCUT2D eigenvalue weighted by Gasteiger charge is 2.10. The van der Waals surface area contributed by atoms with E-state index in [0.29, 0.717) is 6.42 Å². The number of carbonyl (C=O) groups is 1. The SMILES string of the molecule is CO.NC(Cc1ccccc1)C(=O)O. The molecule has 0 radical (unpaired) electrons. The molecule has 1 rings (SSSR count). The van der Waals surface area contributed by atoms with Gasteiger partial charge in [0.1, 0.15) is 6.04 Å². The number of carboxylic acids is 1. The Morgan fingerprint density at radius 3 is 2.29 bits per heavy atom. The summed E-state index contributed by atoms with van der Waals surface area (Å²) in [6.45, 7) is 0. The van der Waals surface area contributed by atoms with Crippen molar-refractivity contribution in [2.75, 3.05) is 7.11 Å². The van der Waals surface area contributed by atoms with E-state index in [2.05, 4.69) is 0 Å². The van der Waals surface area contributed by atoms with Gasteiger partial charge < -0.3 is 15.9 Å². The molecule has 0 heterocycles. The number of aliphatic hydroxyl groups excluding tert-OH is 1. The summed E-state index contributed by atoms with van der Waals surface area (Å²) in [5.41, 5.74) is 6.30. The topological polar surface area (TPSA) is 83.5 Å². The van der Waals surface area contributed by atoms with Crippen LogP contribution in [-0.4, -0.2) is 29.3 Å². The van der Waals surface area contributed by atoms with E-state index in [1.807, 2.05) is 30.3 Å². The van der Waals surface area contributed by atoms with E-state index in [1.165, 1.54) is 0 Å². The Bertz CT molecular complexity index is 261. The number of benzene rings is 1. The molecular formula is C10H15NO3. The van der Waals surface area contributed by atoms with Gasteiger partial charge in [-0.05, 0) is 12.0 Å². The van der Waals surface area contributed by atoms with E-state index < -0.39 is 12.0 Å². The van der Waals surface area contributed by atoms with Gasteiger partial charge in [-0.1, -0.05) is 30.3 Å². The van der Waals surface area contributed by atoms with Crippen LogP contribution in [0.2, 0.25) is 0 Å². The third kappa shape index (κ3) is 4.59. The first-order chi connectivity index (χ1) is 6.70. The minimum Gasteiger partial charge on any atom is -0.480 e. The molecule has 1 unspecified atom stereocenters. The minimum atomic E-state index is -0.959. The summed E-state index contributed by atoms with van der Waals surface area (Å²) in [5.74, 6) is -0.959. The van der Waals surface area contributed by atoms with Gasteiger partial charge in [-0.2, -0.15) is 0 Å². The Morgan fingerprint density at radius 2 is 1.86 bits per heavy atom. The van der Waals surface area contributed by atoms with Crippen molar-refractivity contribution in [2.45, 2.75) is 12.5 Å². The molecule has 0 aliphatic rings. The number of hydrogen-bond acceptors (Lipinski definition) is 3. The number of hydrogen-bond donors (Lipinski definition) is 3. The van der Waals surface area contributed by atoms with Gasteiger partial charge >= 0.3 is 5.97 Å². The number of rotatable bonds is 3. The maximum Gasteiger partial charge on any atom is 0.320 e. The standard InChI is InChI=1S/C9H11NO2.CH4O/c10-8(9(11)12)6-7-4-2-1-3-5-7;1-2/h1-5,8H,6,10H2,(H,11,12);2H,1H3. The molecule has 0 aliphatic carbocycles. The molecular weight excluding hydrogens is 182 g/mol. The molecule has 4 nitrogen and oxygen atoms in total. The number of aliphatic carboxylic acids is 1. The van der Waals surface area contributed by atoms with Crippen molar-refractivity contribution in [3.05, 3.63) is 35.9 Å². The molecule has 0 fully saturated rings. The highest BCUT2D eigenvalue weighted by Crippen LogP contribution is 2.01. The smallest absolute Gasteiger partial charge is 0.320 e. The highest BCUT2D eigenvalue weighted by molar-refractivity contribution is 5.73. The van der Waals surface area contributed by atoms with Crippen LogP contribution in [0.1, 0.15) is 5.56 Å². The van der Waals surface area contributed by atoms with Crippen LogP contribution in [0, 0.1) is 0 Å². The molecule has 1 aromatic carbocycles. The number of aliphatic hydroxyl groups is 1. The fourth-order valence-corrected chi connectivity index (χ4v) is 0.955. The van der Waals surface area contributed by atoms with Crippen LogP contribution in [0.4, 0.5) is 0 Å². The van der Waals surface area contributed by atoms with Gasteiger partial charge in [0.25, 0.3) is 0 Å². The molecule has 4 N–H and O–H groups in total. The summed E-state index contributed by atoms with van der Waals surface area (Å²) in [5, 5.41) is 15.5. The Morgan fingerprint density at radius 1 is 1.36 bits per heavy atom. The van der Waals surface area contributed by atoms with Gasteiger partial charge in [-0.15, -0.1) is 0 Å². The molecule has 0 saturated carbocycles. The van der Waals surface area contributed by atoms with Crippen LogP contribution in [-0.2, 0) is 11.2 Å². The van der Waals surface area contributed by atoms with Crippen LogP contribution < -0.4 is 5.73 Å². The fourth-order valence-electron chi connectivity index (χ4n) is 0.955. The van der Waals surface area contributed by atoms with E-state index in [4.69, 9.17) is 15.9 Å². The van der Waals surface area contributed by atoms with Crippen molar-refractivity contribution >= 4 is 5.97 Å². The molecule has 1 atom stereocenters. The fraction of sp³-hybridized carbons (Fsp3) is 0.300. The van der Waals surface area contributed by atoms with Crippen LogP contribution >= 0.6 is 0 Å². The van der Waals surface area contributed by atoms with Gasteiger partial charge in [0.15, 0.2) is 0 Å². The molecule has 1 aromatic rings. The quantitative estimate of drug-likeness (QED) is 0.648. The zero-order chi connectivity index (χ0) is 11.0. The van der Waals surface area contributed by atoms with Gasteiger partial charge in [0.2, 0.25) is 0 Å². The maximum atomic E-state index is 10.4. The minimum absolute atomic E-state index is 0.385. The van der Waals surface area contributed by atoms with E-state index in [0.717, 1.165) is 12.7 Å². The second kappa shape index (κ2) is 7.06. The molecule has 0 aromatic heterocycles. The molecule has 0 aliphatic heterocycles. The van der Waals surface area contributed by atoms with Crippen LogP contribution in [0.3, 0.4) is 0 Å². The lowest BCUT2D eigenvalue weighted by Crippen LogP contribution is -2.32. The summed E-state index contributed by atoms with van der Waals surface area (Å²) in [7, 11) is 1.00. The van der Waals surface area contributed by atoms with Crippen molar-refractivity contribution in [1.82, 2.24) is 0 Å². The van der Waals surface area contributed by atoms with Gasteiger partial charge in [-0.3, -0.25) is 4.79 Å². The van der Waals surface area contributed by atoms with Gasteiger partial charge in [0.05, 0.1) is 0 Å². The predicted molar refractivity (Wildman–Crippen MR) is 53.9 cm³/mol. The maximum absolute atomic E-state index is 10.4. The summed E-state index contributed by atoms with van der Waals surface area (Å²) < 4.78 is 0. The van der Waals surface area contributed by atoms with Crippen LogP contribution in [0.15, 0.2) is 30.3 Å². The third-order valence-corrected chi connectivity index (χ3v) is 1.62. The molecule has 0 amide bonds. The van der Waals surface area contributed by atoms with E-state index in [-0.39, 0.29) is 0 Å². The van der Waals surface area contributed by atoms with Gasteiger partial charge in [0, 0.05) is 7.11 Å². The summed E-state index contributed by atoms with van der Waals surface area (Å²) in [6, 6.07) is 8.54. The normalized spacial score (nSPS) is 11.1. The molecule has 14 heavy (non-hydrogen) atoms. The second-order valence-corrected chi connectivity index (χ2v) is 2.63. The first-order valence-corrected chi connectivity index (χ1v) is 4.17. The Kier molecular flexibility index (Phi) is 6.36. The van der Waals surface area contributed by atoms with Crippen molar-refractivity contribution in [3.63, 3.8) is 0 Å². The van der Waals surface area contributed by atoms with Gasteiger partial charge in [-0.25, -0.2) is 0 Å². The summed E-state index contributed by atoms with van der Waals surface area (Å²) in [4.78, 5) is 10.4. The second-order valence-electron chi connectivity index (χ2n) is 2.63. The zero-order valence-electron chi connectivity index (χ0n) is 8.05. The Labute approximate surface area is 83.0 Å².